The number of rotatable bonds is 8. The lowest BCUT2D eigenvalue weighted by Gasteiger charge is -2.28. The molecule has 4 heteroatoms. The molecule has 5 aromatic rings. The maximum absolute atomic E-state index is 6.21. The van der Waals surface area contributed by atoms with E-state index in [2.05, 4.69) is 131 Å². The van der Waals surface area contributed by atoms with Crippen molar-refractivity contribution in [3.63, 3.8) is 0 Å². The van der Waals surface area contributed by atoms with E-state index in [4.69, 9.17) is 4.74 Å². The van der Waals surface area contributed by atoms with Crippen LogP contribution < -0.4 is 37.6 Å². The summed E-state index contributed by atoms with van der Waals surface area (Å²) >= 11 is 3.86. The third-order valence-corrected chi connectivity index (χ3v) is 11.4. The first-order valence-corrected chi connectivity index (χ1v) is 14.5. The number of hydrogen-bond donors (Lipinski definition) is 0. The molecule has 0 fully saturated rings. The third kappa shape index (κ3) is 5.81. The Morgan fingerprint density at radius 2 is 1.00 bits per heavy atom. The molecule has 0 aliphatic rings. The summed E-state index contributed by atoms with van der Waals surface area (Å²) in [7, 11) is -1.98. The monoisotopic (exact) mass is 616 g/mol. The summed E-state index contributed by atoms with van der Waals surface area (Å²) in [4.78, 5) is 0. The first-order chi connectivity index (χ1) is 17.3. The molecule has 0 aliphatic carbocycles. The van der Waals surface area contributed by atoms with Gasteiger partial charge in [-0.15, -0.1) is 0 Å². The van der Waals surface area contributed by atoms with E-state index in [9.17, 15) is 0 Å². The highest BCUT2D eigenvalue weighted by Gasteiger charge is 2.45. The van der Waals surface area contributed by atoms with Crippen LogP contribution in [0.1, 0.15) is 11.1 Å². The summed E-state index contributed by atoms with van der Waals surface area (Å²) in [5, 5.41) is 4.12. The first-order valence-electron chi connectivity index (χ1n) is 11.8. The molecule has 1 nitrogen and oxygen atoms in total. The van der Waals surface area contributed by atoms with Crippen LogP contribution in [0.2, 0.25) is 0 Å². The summed E-state index contributed by atoms with van der Waals surface area (Å²) in [6.07, 6.45) is 0.897. The van der Waals surface area contributed by atoms with Crippen LogP contribution in [0, 0.1) is 0 Å². The third-order valence-electron chi connectivity index (χ3n) is 6.26. The van der Waals surface area contributed by atoms with Crippen molar-refractivity contribution < 1.29 is 21.7 Å². The molecular formula is C32H27Br2OP. The highest BCUT2D eigenvalue weighted by molar-refractivity contribution is 9.10. The van der Waals surface area contributed by atoms with Crippen molar-refractivity contribution in [3.8, 4) is 5.75 Å². The van der Waals surface area contributed by atoms with Crippen molar-refractivity contribution in [3.05, 3.63) is 155 Å². The van der Waals surface area contributed by atoms with E-state index < -0.39 is 7.26 Å². The zero-order valence-electron chi connectivity index (χ0n) is 19.8. The lowest BCUT2D eigenvalue weighted by molar-refractivity contribution is -0.00000706. The van der Waals surface area contributed by atoms with Crippen LogP contribution in [-0.4, -0.2) is 0 Å². The van der Waals surface area contributed by atoms with E-state index in [1.54, 1.807) is 0 Å². The molecule has 0 unspecified atom stereocenters. The van der Waals surface area contributed by atoms with Crippen molar-refractivity contribution in [2.75, 3.05) is 0 Å². The smallest absolute Gasteiger partial charge is 0.120 e. The second-order valence-corrected chi connectivity index (χ2v) is 12.8. The SMILES string of the molecule is Brc1ccc(OCc2ccccc2)cc1C[P+](c1ccccc1)(c1ccccc1)c1ccccc1.[Br-]. The maximum atomic E-state index is 6.21. The van der Waals surface area contributed by atoms with Crippen molar-refractivity contribution >= 4 is 39.1 Å². The predicted octanol–water partition coefficient (Wildman–Crippen LogP) is 4.53. The zero-order chi connectivity index (χ0) is 23.9. The summed E-state index contributed by atoms with van der Waals surface area (Å²) in [6, 6.07) is 49.7. The van der Waals surface area contributed by atoms with Crippen molar-refractivity contribution in [2.24, 2.45) is 0 Å². The molecule has 0 aliphatic heterocycles. The fourth-order valence-corrected chi connectivity index (χ4v) is 9.39. The average Bonchev–Trinajstić information content (AvgIpc) is 2.94. The molecule has 0 aromatic heterocycles. The van der Waals surface area contributed by atoms with Gasteiger partial charge in [0.2, 0.25) is 0 Å². The quantitative estimate of drug-likeness (QED) is 0.233. The fourth-order valence-electron chi connectivity index (χ4n) is 4.53. The van der Waals surface area contributed by atoms with Gasteiger partial charge in [-0.25, -0.2) is 0 Å². The van der Waals surface area contributed by atoms with Gasteiger partial charge in [0.1, 0.15) is 35.5 Å². The maximum Gasteiger partial charge on any atom is 0.120 e. The summed E-state index contributed by atoms with van der Waals surface area (Å²) in [5.41, 5.74) is 2.41. The van der Waals surface area contributed by atoms with Gasteiger partial charge in [0.15, 0.2) is 0 Å². The van der Waals surface area contributed by atoms with Crippen LogP contribution in [0.4, 0.5) is 0 Å². The summed E-state index contributed by atoms with van der Waals surface area (Å²) in [5.74, 6) is 0.888. The fraction of sp³-hybridized carbons (Fsp3) is 0.0625. The van der Waals surface area contributed by atoms with Gasteiger partial charge in [-0.2, -0.15) is 0 Å². The minimum atomic E-state index is -1.98. The molecule has 180 valence electrons. The van der Waals surface area contributed by atoms with Gasteiger partial charge in [0.25, 0.3) is 0 Å². The predicted molar refractivity (Wildman–Crippen MR) is 154 cm³/mol. The summed E-state index contributed by atoms with van der Waals surface area (Å²) < 4.78 is 7.32. The van der Waals surface area contributed by atoms with Crippen LogP contribution in [-0.2, 0) is 12.8 Å². The van der Waals surface area contributed by atoms with E-state index in [1.165, 1.54) is 21.5 Å². The van der Waals surface area contributed by atoms with Gasteiger partial charge in [-0.3, -0.25) is 0 Å². The van der Waals surface area contributed by atoms with E-state index in [1.807, 2.05) is 24.3 Å². The molecule has 0 atom stereocenters. The minimum absolute atomic E-state index is 0. The second-order valence-electron chi connectivity index (χ2n) is 8.50. The largest absolute Gasteiger partial charge is 1.00 e. The molecule has 5 rings (SSSR count). The highest BCUT2D eigenvalue weighted by Crippen LogP contribution is 2.58. The normalized spacial score (nSPS) is 10.9. The molecule has 5 aromatic carbocycles. The number of halogens is 2. The first kappa shape index (κ1) is 26.4. The Balaban J connectivity index is 0.00000304. The van der Waals surface area contributed by atoms with Crippen molar-refractivity contribution in [1.29, 1.82) is 0 Å². The van der Waals surface area contributed by atoms with Crippen LogP contribution in [0.3, 0.4) is 0 Å². The Labute approximate surface area is 233 Å². The van der Waals surface area contributed by atoms with E-state index in [-0.39, 0.29) is 17.0 Å². The topological polar surface area (TPSA) is 9.23 Å². The van der Waals surface area contributed by atoms with Gasteiger partial charge in [0.05, 0.1) is 6.16 Å². The Kier molecular flexibility index (Phi) is 9.15. The number of ether oxygens (including phenoxy) is 1. The van der Waals surface area contributed by atoms with Crippen LogP contribution in [0.5, 0.6) is 5.75 Å². The Hall–Kier alpha value is -2.71. The Morgan fingerprint density at radius 1 is 0.556 bits per heavy atom. The Bertz CT molecular complexity index is 1260. The molecule has 0 N–H and O–H groups in total. The lowest BCUT2D eigenvalue weighted by atomic mass is 10.2. The van der Waals surface area contributed by atoms with Gasteiger partial charge >= 0.3 is 0 Å². The average molecular weight is 618 g/mol. The zero-order valence-corrected chi connectivity index (χ0v) is 23.9. The van der Waals surface area contributed by atoms with Crippen molar-refractivity contribution in [2.45, 2.75) is 12.8 Å². The van der Waals surface area contributed by atoms with Crippen LogP contribution in [0.15, 0.2) is 144 Å². The lowest BCUT2D eigenvalue weighted by Crippen LogP contribution is -3.00. The standard InChI is InChI=1S/C32H27BrOP.BrH/c33-32-22-21-28(34-24-26-13-5-1-6-14-26)23-27(32)25-35(29-15-7-2-8-16-29,30-17-9-3-10-18-30)31-19-11-4-12-20-31;/h1-23H,24-25H2;1H/q+1;/p-1. The molecule has 0 saturated carbocycles. The minimum Gasteiger partial charge on any atom is -1.00 e. The molecule has 0 radical (unpaired) electrons. The van der Waals surface area contributed by atoms with Gasteiger partial charge in [0, 0.05) is 10.0 Å². The van der Waals surface area contributed by atoms with E-state index >= 15 is 0 Å². The van der Waals surface area contributed by atoms with Gasteiger partial charge < -0.3 is 21.7 Å². The van der Waals surface area contributed by atoms with Crippen LogP contribution in [0.25, 0.3) is 0 Å². The molecule has 36 heavy (non-hydrogen) atoms. The number of benzene rings is 5. The summed E-state index contributed by atoms with van der Waals surface area (Å²) in [6.45, 7) is 0.554. The number of hydrogen-bond acceptors (Lipinski definition) is 1. The van der Waals surface area contributed by atoms with Gasteiger partial charge in [-0.1, -0.05) is 101 Å². The van der Waals surface area contributed by atoms with Gasteiger partial charge in [-0.05, 0) is 60.2 Å². The molecule has 0 saturated heterocycles. The Morgan fingerprint density at radius 3 is 1.47 bits per heavy atom. The molecule has 0 amide bonds. The molecule has 0 spiro atoms. The highest BCUT2D eigenvalue weighted by atomic mass is 79.9. The molecule has 0 heterocycles. The molecule has 0 bridgehead atoms. The van der Waals surface area contributed by atoms with E-state index in [0.717, 1.165) is 21.9 Å². The van der Waals surface area contributed by atoms with E-state index in [0.29, 0.717) is 6.61 Å². The second kappa shape index (κ2) is 12.5. The van der Waals surface area contributed by atoms with Crippen molar-refractivity contribution in [1.82, 2.24) is 0 Å². The molecular weight excluding hydrogens is 591 g/mol. The van der Waals surface area contributed by atoms with Crippen LogP contribution >= 0.6 is 23.2 Å².